The summed E-state index contributed by atoms with van der Waals surface area (Å²) in [5.74, 6) is 0. The highest BCUT2D eigenvalue weighted by Gasteiger charge is 2.01. The summed E-state index contributed by atoms with van der Waals surface area (Å²) in [6, 6.07) is 0. The second-order valence-corrected chi connectivity index (χ2v) is 1.55. The van der Waals surface area contributed by atoms with Crippen LogP contribution in [0.4, 0.5) is 8.78 Å². The molecule has 1 nitrogen and oxygen atoms in total. The molecule has 0 fully saturated rings. The third kappa shape index (κ3) is 5.82. The van der Waals surface area contributed by atoms with Gasteiger partial charge >= 0.3 is 0 Å². The van der Waals surface area contributed by atoms with Gasteiger partial charge in [0, 0.05) is 7.05 Å². The first-order valence-corrected chi connectivity index (χ1v) is 2.05. The minimum Gasteiger partial charge on any atom is -0.466 e. The summed E-state index contributed by atoms with van der Waals surface area (Å²) in [6.07, 6.45) is -2.22. The molecule has 0 aliphatic rings. The van der Waals surface area contributed by atoms with Gasteiger partial charge in [0.1, 0.15) is 6.54 Å². The number of hydrogen-bond acceptors (Lipinski definition) is 0. The van der Waals surface area contributed by atoms with Crippen LogP contribution >= 0.6 is 0 Å². The zero-order chi connectivity index (χ0) is 5.86. The van der Waals surface area contributed by atoms with Crippen LogP contribution in [-0.4, -0.2) is 20.0 Å². The average Bonchev–Trinajstić information content (AvgIpc) is 1.27. The van der Waals surface area contributed by atoms with E-state index in [4.69, 9.17) is 0 Å². The van der Waals surface area contributed by atoms with Crippen LogP contribution in [0.15, 0.2) is 0 Å². The Kier molecular flexibility index (Phi) is 2.83. The predicted molar refractivity (Wildman–Crippen MR) is 23.1 cm³/mol. The summed E-state index contributed by atoms with van der Waals surface area (Å²) in [6.45, 7) is -0.167. The van der Waals surface area contributed by atoms with Gasteiger partial charge in [-0.1, -0.05) is 0 Å². The lowest BCUT2D eigenvalue weighted by molar-refractivity contribution is -0.836. The molecule has 0 aromatic carbocycles. The maximum atomic E-state index is 11.2. The van der Waals surface area contributed by atoms with E-state index >= 15 is 0 Å². The molecule has 0 aromatic heterocycles. The Hall–Kier alpha value is -0.180. The second kappa shape index (κ2) is 2.91. The number of quaternary nitrogens is 1. The first-order chi connectivity index (χ1) is 3.13. The van der Waals surface area contributed by atoms with Crippen molar-refractivity contribution in [3.8, 4) is 0 Å². The fourth-order valence-electron chi connectivity index (χ4n) is 0.263. The van der Waals surface area contributed by atoms with Crippen LogP contribution in [0.3, 0.4) is 0 Å². The molecule has 44 valence electrons. The molecular weight excluding hydrogens is 100 g/mol. The largest absolute Gasteiger partial charge is 0.466 e. The molecule has 3 heteroatoms. The van der Waals surface area contributed by atoms with Gasteiger partial charge in [0.15, 0.2) is 0 Å². The van der Waals surface area contributed by atoms with Crippen molar-refractivity contribution in [3.05, 3.63) is 7.05 Å². The minimum atomic E-state index is -2.22. The fourth-order valence-corrected chi connectivity index (χ4v) is 0.263. The third-order valence-corrected chi connectivity index (χ3v) is 0.503. The molecule has 7 heavy (non-hydrogen) atoms. The molecule has 1 atom stereocenters. The molecule has 0 bridgehead atoms. The Bertz CT molecular complexity index is 39.0. The van der Waals surface area contributed by atoms with Gasteiger partial charge in [-0.25, -0.2) is 8.78 Å². The number of rotatable bonds is 2. The van der Waals surface area contributed by atoms with Gasteiger partial charge in [-0.2, -0.15) is 7.05 Å². The highest BCUT2D eigenvalue weighted by Crippen LogP contribution is 1.83. The van der Waals surface area contributed by atoms with Crippen LogP contribution in [0, 0.1) is 7.05 Å². The predicted octanol–water partition coefficient (Wildman–Crippen LogP) is -0.442. The Balaban J connectivity index is 2.95. The van der Waals surface area contributed by atoms with Crippen molar-refractivity contribution in [2.24, 2.45) is 0 Å². The molecule has 1 unspecified atom stereocenters. The van der Waals surface area contributed by atoms with Gasteiger partial charge in [0.25, 0.3) is 6.43 Å². The molecule has 0 aliphatic carbocycles. The monoisotopic (exact) mass is 109 g/mol. The van der Waals surface area contributed by atoms with Gasteiger partial charge in [-0.15, -0.1) is 0 Å². The van der Waals surface area contributed by atoms with Crippen molar-refractivity contribution in [3.63, 3.8) is 0 Å². The van der Waals surface area contributed by atoms with Crippen LogP contribution in [-0.2, 0) is 0 Å². The van der Waals surface area contributed by atoms with Crippen molar-refractivity contribution in [1.29, 1.82) is 0 Å². The van der Waals surface area contributed by atoms with E-state index < -0.39 is 6.43 Å². The van der Waals surface area contributed by atoms with Crippen LogP contribution in [0.1, 0.15) is 0 Å². The maximum Gasteiger partial charge on any atom is 0.284 e. The minimum absolute atomic E-state index is 0.167. The van der Waals surface area contributed by atoms with Gasteiger partial charge in [0.05, 0.1) is 0 Å². The number of alkyl halides is 2. The maximum absolute atomic E-state index is 11.2. The molecule has 0 aromatic rings. The number of halogens is 2. The summed E-state index contributed by atoms with van der Waals surface area (Å²) >= 11 is 0. The van der Waals surface area contributed by atoms with Crippen LogP contribution in [0.5, 0.6) is 0 Å². The van der Waals surface area contributed by atoms with Crippen molar-refractivity contribution in [2.45, 2.75) is 6.43 Å². The Morgan fingerprint density at radius 3 is 2.14 bits per heavy atom. The Morgan fingerprint density at radius 2 is 2.14 bits per heavy atom. The van der Waals surface area contributed by atoms with Gasteiger partial charge < -0.3 is 4.90 Å². The molecule has 0 saturated heterocycles. The van der Waals surface area contributed by atoms with Gasteiger partial charge in [-0.05, 0) is 0 Å². The van der Waals surface area contributed by atoms with E-state index in [0.717, 1.165) is 0 Å². The van der Waals surface area contributed by atoms with Crippen LogP contribution in [0.2, 0.25) is 0 Å². The Morgan fingerprint density at radius 1 is 1.71 bits per heavy atom. The summed E-state index contributed by atoms with van der Waals surface area (Å²) in [7, 11) is 4.90. The zero-order valence-electron chi connectivity index (χ0n) is 4.25. The lowest BCUT2D eigenvalue weighted by Crippen LogP contribution is -3.04. The molecule has 1 N–H and O–H groups in total. The number of hydrogen-bond donors (Lipinski definition) is 1. The standard InChI is InChI=1S/C4H9F2N/c1-7(2)3-4(5)6/h4,7H,1,3H2,2H3. The molecule has 0 saturated carbocycles. The zero-order valence-corrected chi connectivity index (χ0v) is 4.25. The molecule has 0 heterocycles. The van der Waals surface area contributed by atoms with E-state index in [2.05, 4.69) is 7.05 Å². The summed E-state index contributed by atoms with van der Waals surface area (Å²) < 4.78 is 22.4. The lowest BCUT2D eigenvalue weighted by Gasteiger charge is -2.11. The van der Waals surface area contributed by atoms with Crippen molar-refractivity contribution >= 4 is 0 Å². The first-order valence-electron chi connectivity index (χ1n) is 2.05. The molecule has 0 amide bonds. The van der Waals surface area contributed by atoms with Crippen LogP contribution < -0.4 is 4.90 Å². The van der Waals surface area contributed by atoms with Crippen LogP contribution in [0.25, 0.3) is 0 Å². The molecule has 0 rings (SSSR count). The topological polar surface area (TPSA) is 4.44 Å². The summed E-state index contributed by atoms with van der Waals surface area (Å²) in [5.41, 5.74) is 0. The normalized spacial score (nSPS) is 15.0. The van der Waals surface area contributed by atoms with Crippen molar-refractivity contribution < 1.29 is 13.7 Å². The number of nitrogens with one attached hydrogen (secondary N) is 1. The van der Waals surface area contributed by atoms with Gasteiger partial charge in [0.2, 0.25) is 0 Å². The van der Waals surface area contributed by atoms with E-state index in [9.17, 15) is 8.78 Å². The lowest BCUT2D eigenvalue weighted by atomic mass is 10.6. The second-order valence-electron chi connectivity index (χ2n) is 1.55. The summed E-state index contributed by atoms with van der Waals surface area (Å²) in [5, 5.41) is 0. The van der Waals surface area contributed by atoms with E-state index in [0.29, 0.717) is 4.90 Å². The van der Waals surface area contributed by atoms with E-state index in [1.807, 2.05) is 0 Å². The van der Waals surface area contributed by atoms with E-state index in [-0.39, 0.29) is 6.54 Å². The third-order valence-electron chi connectivity index (χ3n) is 0.503. The van der Waals surface area contributed by atoms with Crippen molar-refractivity contribution in [2.75, 3.05) is 13.6 Å². The van der Waals surface area contributed by atoms with E-state index in [1.54, 1.807) is 7.05 Å². The van der Waals surface area contributed by atoms with Crippen molar-refractivity contribution in [1.82, 2.24) is 0 Å². The highest BCUT2D eigenvalue weighted by atomic mass is 19.3. The molecule has 0 spiro atoms. The quantitative estimate of drug-likeness (QED) is 0.458. The highest BCUT2D eigenvalue weighted by molar-refractivity contribution is 4.26. The fraction of sp³-hybridized carbons (Fsp3) is 0.750. The summed E-state index contributed by atoms with van der Waals surface area (Å²) in [4.78, 5) is 0.537. The van der Waals surface area contributed by atoms with E-state index in [1.165, 1.54) is 0 Å². The van der Waals surface area contributed by atoms with Gasteiger partial charge in [-0.3, -0.25) is 0 Å². The molecular formula is C4H9F2N. The molecule has 0 radical (unpaired) electrons. The molecule has 0 aliphatic heterocycles. The smallest absolute Gasteiger partial charge is 0.284 e. The first kappa shape index (κ1) is 6.82. The Labute approximate surface area is 41.9 Å². The average molecular weight is 109 g/mol. The SMILES string of the molecule is [CH2-][NH+](C)CC(F)F.